The number of aromatic nitrogens is 2. The third-order valence-corrected chi connectivity index (χ3v) is 5.43. The molecule has 15 heteroatoms. The number of rotatable bonds is 8. The monoisotopic (exact) mass is 521 g/mol. The van der Waals surface area contributed by atoms with Crippen molar-refractivity contribution in [1.82, 2.24) is 19.4 Å². The SMILES string of the molecule is CC(O)(CN1CCN(C(=O)OCc2ccc(OC(F)(F)F)cc2)CC1)Cn1cc([N+](=O)[O-])nc1Cl. The van der Waals surface area contributed by atoms with E-state index >= 15 is 0 Å². The Morgan fingerprint density at radius 2 is 1.83 bits per heavy atom. The van der Waals surface area contributed by atoms with E-state index in [0.717, 1.165) is 18.3 Å². The van der Waals surface area contributed by atoms with E-state index in [1.54, 1.807) is 6.92 Å². The predicted molar refractivity (Wildman–Crippen MR) is 116 cm³/mol. The summed E-state index contributed by atoms with van der Waals surface area (Å²) < 4.78 is 47.0. The highest BCUT2D eigenvalue weighted by molar-refractivity contribution is 6.28. The Hall–Kier alpha value is -3.10. The van der Waals surface area contributed by atoms with Crippen LogP contribution >= 0.6 is 11.6 Å². The fourth-order valence-corrected chi connectivity index (χ4v) is 3.79. The van der Waals surface area contributed by atoms with E-state index in [-0.39, 0.29) is 30.7 Å². The molecular formula is C20H23ClF3N5O6. The molecule has 2 heterocycles. The van der Waals surface area contributed by atoms with E-state index in [2.05, 4.69) is 9.72 Å². The van der Waals surface area contributed by atoms with Gasteiger partial charge in [0.1, 0.15) is 18.6 Å². The van der Waals surface area contributed by atoms with Crippen LogP contribution in [0.5, 0.6) is 5.75 Å². The van der Waals surface area contributed by atoms with Gasteiger partial charge < -0.3 is 29.6 Å². The van der Waals surface area contributed by atoms with Crippen molar-refractivity contribution in [2.45, 2.75) is 32.0 Å². The van der Waals surface area contributed by atoms with Gasteiger partial charge in [0.05, 0.1) is 12.1 Å². The maximum absolute atomic E-state index is 12.3. The Bertz CT molecular complexity index is 1040. The molecule has 1 unspecified atom stereocenters. The van der Waals surface area contributed by atoms with Crippen molar-refractivity contribution in [3.05, 3.63) is 51.4 Å². The van der Waals surface area contributed by atoms with Crippen molar-refractivity contribution in [1.29, 1.82) is 0 Å². The van der Waals surface area contributed by atoms with Gasteiger partial charge in [-0.3, -0.25) is 9.47 Å². The number of piperazine rings is 1. The normalized spacial score (nSPS) is 16.6. The van der Waals surface area contributed by atoms with Crippen LogP contribution in [0.15, 0.2) is 30.5 Å². The number of β-amino-alcohol motifs (C(OH)–C–C–N with tert-alkyl or cyclic N) is 1. The molecule has 1 aliphatic heterocycles. The van der Waals surface area contributed by atoms with Gasteiger partial charge in [0.25, 0.3) is 0 Å². The van der Waals surface area contributed by atoms with Crippen LogP contribution in [-0.2, 0) is 17.9 Å². The summed E-state index contributed by atoms with van der Waals surface area (Å²) in [5.41, 5.74) is -0.774. The highest BCUT2D eigenvalue weighted by Gasteiger charge is 2.32. The second kappa shape index (κ2) is 10.7. The average molecular weight is 522 g/mol. The first-order chi connectivity index (χ1) is 16.3. The molecule has 11 nitrogen and oxygen atoms in total. The second-order valence-corrected chi connectivity index (χ2v) is 8.60. The number of amides is 1. The number of carbonyl (C=O) groups is 1. The zero-order valence-corrected chi connectivity index (χ0v) is 19.3. The number of hydrogen-bond donors (Lipinski definition) is 1. The van der Waals surface area contributed by atoms with Gasteiger partial charge in [-0.25, -0.2) is 4.79 Å². The molecule has 3 rings (SSSR count). The highest BCUT2D eigenvalue weighted by Crippen LogP contribution is 2.23. The number of aliphatic hydroxyl groups is 1. The van der Waals surface area contributed by atoms with Crippen LogP contribution in [0.3, 0.4) is 0 Å². The number of benzene rings is 1. The zero-order valence-electron chi connectivity index (χ0n) is 18.6. The highest BCUT2D eigenvalue weighted by atomic mass is 35.5. The molecule has 1 aromatic heterocycles. The topological polar surface area (TPSA) is 123 Å². The van der Waals surface area contributed by atoms with Crippen LogP contribution in [0.2, 0.25) is 5.28 Å². The number of nitrogens with zero attached hydrogens (tertiary/aromatic N) is 5. The van der Waals surface area contributed by atoms with Gasteiger partial charge in [-0.15, -0.1) is 13.2 Å². The first-order valence-electron chi connectivity index (χ1n) is 10.4. The van der Waals surface area contributed by atoms with Crippen molar-refractivity contribution in [2.75, 3.05) is 32.7 Å². The third-order valence-electron chi connectivity index (χ3n) is 5.13. The Labute approximate surface area is 202 Å². The average Bonchev–Trinajstić information content (AvgIpc) is 3.12. The minimum absolute atomic E-state index is 0.0122. The smallest absolute Gasteiger partial charge is 0.445 e. The number of alkyl halides is 3. The summed E-state index contributed by atoms with van der Waals surface area (Å²) in [6.45, 7) is 3.25. The summed E-state index contributed by atoms with van der Waals surface area (Å²) in [6, 6.07) is 5.01. The van der Waals surface area contributed by atoms with E-state index in [1.165, 1.54) is 21.6 Å². The standard InChI is InChI=1S/C20H23ClF3N5O6/c1-19(31,13-28-10-16(29(32)33)25-17(28)21)12-26-6-8-27(9-7-26)18(30)34-11-14-2-4-15(5-3-14)35-20(22,23)24/h2-5,10,31H,6-9,11-13H2,1H3. The number of nitro groups is 1. The molecular weight excluding hydrogens is 499 g/mol. The van der Waals surface area contributed by atoms with Gasteiger partial charge in [0.15, 0.2) is 0 Å². The molecule has 1 amide bonds. The Morgan fingerprint density at radius 1 is 1.20 bits per heavy atom. The summed E-state index contributed by atoms with van der Waals surface area (Å²) in [5.74, 6) is -0.781. The molecule has 1 N–H and O–H groups in total. The van der Waals surface area contributed by atoms with Crippen molar-refractivity contribution in [3.8, 4) is 5.75 Å². The molecule has 1 aromatic carbocycles. The van der Waals surface area contributed by atoms with Crippen LogP contribution in [0.25, 0.3) is 0 Å². The first kappa shape index (κ1) is 26.5. The molecule has 0 spiro atoms. The largest absolute Gasteiger partial charge is 0.573 e. The van der Waals surface area contributed by atoms with Gasteiger partial charge in [-0.1, -0.05) is 12.1 Å². The minimum Gasteiger partial charge on any atom is -0.445 e. The lowest BCUT2D eigenvalue weighted by atomic mass is 10.1. The zero-order chi connectivity index (χ0) is 25.8. The summed E-state index contributed by atoms with van der Waals surface area (Å²) in [6.07, 6.45) is -4.19. The fourth-order valence-electron chi connectivity index (χ4n) is 3.59. The van der Waals surface area contributed by atoms with Crippen LogP contribution < -0.4 is 4.74 Å². The molecule has 0 radical (unpaired) electrons. The van der Waals surface area contributed by atoms with E-state index in [0.29, 0.717) is 31.7 Å². The van der Waals surface area contributed by atoms with Gasteiger partial charge in [-0.05, 0) is 46.1 Å². The van der Waals surface area contributed by atoms with Crippen molar-refractivity contribution >= 4 is 23.5 Å². The van der Waals surface area contributed by atoms with E-state index in [1.807, 2.05) is 4.90 Å². The molecule has 1 fully saturated rings. The molecule has 35 heavy (non-hydrogen) atoms. The molecule has 192 valence electrons. The number of halogens is 4. The van der Waals surface area contributed by atoms with Crippen LogP contribution in [0, 0.1) is 10.1 Å². The summed E-state index contributed by atoms with van der Waals surface area (Å²) >= 11 is 5.91. The number of ether oxygens (including phenoxy) is 2. The maximum Gasteiger partial charge on any atom is 0.573 e. The number of imidazole rings is 1. The van der Waals surface area contributed by atoms with Gasteiger partial charge in [-0.2, -0.15) is 0 Å². The Morgan fingerprint density at radius 3 is 2.37 bits per heavy atom. The van der Waals surface area contributed by atoms with Gasteiger partial charge >= 0.3 is 23.6 Å². The number of hydrogen-bond acceptors (Lipinski definition) is 8. The van der Waals surface area contributed by atoms with E-state index < -0.39 is 28.8 Å². The molecule has 0 saturated carbocycles. The lowest BCUT2D eigenvalue weighted by Gasteiger charge is -2.37. The van der Waals surface area contributed by atoms with Gasteiger partial charge in [0.2, 0.25) is 0 Å². The maximum atomic E-state index is 12.3. The summed E-state index contributed by atoms with van der Waals surface area (Å²) in [7, 11) is 0. The van der Waals surface area contributed by atoms with Crippen molar-refractivity contribution in [3.63, 3.8) is 0 Å². The lowest BCUT2D eigenvalue weighted by molar-refractivity contribution is -0.389. The molecule has 0 bridgehead atoms. The molecule has 0 aliphatic carbocycles. The summed E-state index contributed by atoms with van der Waals surface area (Å²) in [5, 5.41) is 21.5. The first-order valence-corrected chi connectivity index (χ1v) is 10.8. The molecule has 1 atom stereocenters. The molecule has 2 aromatic rings. The van der Waals surface area contributed by atoms with Crippen molar-refractivity contribution < 1.29 is 37.5 Å². The van der Waals surface area contributed by atoms with Gasteiger partial charge in [0, 0.05) is 32.7 Å². The quantitative estimate of drug-likeness (QED) is 0.415. The van der Waals surface area contributed by atoms with E-state index in [4.69, 9.17) is 16.3 Å². The lowest BCUT2D eigenvalue weighted by Crippen LogP contribution is -2.53. The third kappa shape index (κ3) is 7.97. The van der Waals surface area contributed by atoms with E-state index in [9.17, 15) is 33.2 Å². The molecule has 1 saturated heterocycles. The van der Waals surface area contributed by atoms with Crippen LogP contribution in [0.4, 0.5) is 23.8 Å². The Balaban J connectivity index is 1.43. The summed E-state index contributed by atoms with van der Waals surface area (Å²) in [4.78, 5) is 29.5. The van der Waals surface area contributed by atoms with Crippen LogP contribution in [0.1, 0.15) is 12.5 Å². The second-order valence-electron chi connectivity index (χ2n) is 8.26. The fraction of sp³-hybridized carbons (Fsp3) is 0.500. The number of carbonyl (C=O) groups excluding carboxylic acids is 1. The predicted octanol–water partition coefficient (Wildman–Crippen LogP) is 3.05. The van der Waals surface area contributed by atoms with Crippen LogP contribution in [-0.4, -0.2) is 80.2 Å². The Kier molecular flexibility index (Phi) is 8.07. The molecule has 1 aliphatic rings. The van der Waals surface area contributed by atoms with Crippen molar-refractivity contribution in [2.24, 2.45) is 0 Å². The minimum atomic E-state index is -4.78.